The third-order valence-electron chi connectivity index (χ3n) is 5.92. The van der Waals surface area contributed by atoms with Crippen LogP contribution in [0.4, 0.5) is 10.5 Å². The van der Waals surface area contributed by atoms with Crippen LogP contribution in [0.5, 0.6) is 0 Å². The molecule has 1 amide bonds. The number of hydrogen-bond donors (Lipinski definition) is 2. The fourth-order valence-electron chi connectivity index (χ4n) is 4.17. The van der Waals surface area contributed by atoms with Gasteiger partial charge in [-0.2, -0.15) is 4.31 Å². The number of furan rings is 1. The molecule has 2 N–H and O–H groups in total. The normalized spacial score (nSPS) is 19.5. The zero-order valence-corrected chi connectivity index (χ0v) is 18.4. The highest BCUT2D eigenvalue weighted by Crippen LogP contribution is 2.29. The molecule has 11 heteroatoms. The number of hydroxylamine groups is 1. The number of nitrogens with zero attached hydrogens (tertiary/aromatic N) is 2. The second-order valence-corrected chi connectivity index (χ2v) is 9.93. The molecule has 1 aromatic heterocycles. The number of carbonyl (C=O) groups excluding carboxylic acids is 1. The fourth-order valence-corrected chi connectivity index (χ4v) is 6.08. The van der Waals surface area contributed by atoms with Gasteiger partial charge in [0.1, 0.15) is 17.1 Å². The highest BCUT2D eigenvalue weighted by atomic mass is 32.2. The first kappa shape index (κ1) is 22.6. The maximum Gasteiger partial charge on any atom is 0.431 e. The predicted molar refractivity (Wildman–Crippen MR) is 116 cm³/mol. The van der Waals surface area contributed by atoms with Gasteiger partial charge in [0.2, 0.25) is 10.0 Å². The third-order valence-corrected chi connectivity index (χ3v) is 7.96. The van der Waals surface area contributed by atoms with Crippen LogP contribution in [0, 0.1) is 0 Å². The monoisotopic (exact) mass is 465 g/mol. The van der Waals surface area contributed by atoms with Crippen LogP contribution in [0.2, 0.25) is 0 Å². The van der Waals surface area contributed by atoms with Gasteiger partial charge in [0, 0.05) is 50.3 Å². The molecule has 2 aliphatic rings. The smallest absolute Gasteiger partial charge is 0.431 e. The van der Waals surface area contributed by atoms with Crippen molar-refractivity contribution < 1.29 is 32.3 Å². The van der Waals surface area contributed by atoms with Gasteiger partial charge in [-0.25, -0.2) is 18.7 Å². The summed E-state index contributed by atoms with van der Waals surface area (Å²) in [5.74, 6) is 0.459. The first-order valence-corrected chi connectivity index (χ1v) is 12.1. The number of sulfonamides is 1. The van der Waals surface area contributed by atoms with Crippen LogP contribution >= 0.6 is 0 Å². The van der Waals surface area contributed by atoms with Crippen molar-refractivity contribution in [1.82, 2.24) is 9.79 Å². The van der Waals surface area contributed by atoms with Crippen molar-refractivity contribution in [3.63, 3.8) is 0 Å². The summed E-state index contributed by atoms with van der Waals surface area (Å²) in [5, 5.41) is 8.81. The largest absolute Gasteiger partial charge is 0.464 e. The number of nitrogens with one attached hydrogen (secondary N) is 1. The van der Waals surface area contributed by atoms with E-state index in [1.54, 1.807) is 6.26 Å². The minimum atomic E-state index is -3.69. The van der Waals surface area contributed by atoms with Crippen LogP contribution in [-0.4, -0.2) is 74.8 Å². The Morgan fingerprint density at radius 2 is 1.78 bits per heavy atom. The number of rotatable bonds is 6. The SMILES string of the molecule is O=C(NO)OC1(CS(=O)(=O)N2CCN(c3ccc(-c4ccco4)cc3)CC2)CCOCC1. The zero-order chi connectivity index (χ0) is 22.6. The molecule has 1 aromatic carbocycles. The van der Waals surface area contributed by atoms with Gasteiger partial charge >= 0.3 is 6.09 Å². The van der Waals surface area contributed by atoms with Crippen LogP contribution in [0.15, 0.2) is 47.1 Å². The van der Waals surface area contributed by atoms with Crippen LogP contribution in [0.3, 0.4) is 0 Å². The summed E-state index contributed by atoms with van der Waals surface area (Å²) in [5.41, 5.74) is 2.19. The van der Waals surface area contributed by atoms with Gasteiger partial charge in [-0.15, -0.1) is 0 Å². The van der Waals surface area contributed by atoms with Gasteiger partial charge in [-0.1, -0.05) is 0 Å². The van der Waals surface area contributed by atoms with Crippen LogP contribution in [-0.2, 0) is 19.5 Å². The Morgan fingerprint density at radius 1 is 1.09 bits per heavy atom. The van der Waals surface area contributed by atoms with Gasteiger partial charge in [0.05, 0.1) is 19.5 Å². The first-order valence-electron chi connectivity index (χ1n) is 10.5. The summed E-state index contributed by atoms with van der Waals surface area (Å²) < 4.78 is 43.7. The maximum absolute atomic E-state index is 13.1. The molecule has 2 saturated heterocycles. The highest BCUT2D eigenvalue weighted by molar-refractivity contribution is 7.89. The number of ether oxygens (including phenoxy) is 2. The number of anilines is 1. The Labute approximate surface area is 186 Å². The molecule has 4 rings (SSSR count). The van der Waals surface area contributed by atoms with E-state index in [-0.39, 0.29) is 31.8 Å². The van der Waals surface area contributed by atoms with Crippen molar-refractivity contribution in [2.24, 2.45) is 0 Å². The molecule has 2 fully saturated rings. The fraction of sp³-hybridized carbons (Fsp3) is 0.476. The van der Waals surface area contributed by atoms with Crippen molar-refractivity contribution in [2.75, 3.05) is 50.0 Å². The van der Waals surface area contributed by atoms with E-state index in [4.69, 9.17) is 19.1 Å². The van der Waals surface area contributed by atoms with E-state index >= 15 is 0 Å². The molecule has 0 radical (unpaired) electrons. The van der Waals surface area contributed by atoms with Crippen LogP contribution in [0.1, 0.15) is 12.8 Å². The van der Waals surface area contributed by atoms with Gasteiger partial charge in [0.15, 0.2) is 0 Å². The standard InChI is InChI=1S/C21H27N3O7S/c25-20(22-26)31-21(7-14-29-15-8-21)16-32(27,28)24-11-9-23(10-12-24)18-5-3-17(4-6-18)19-2-1-13-30-19/h1-6,13,26H,7-12,14-16H2,(H,22,25). The second-order valence-electron chi connectivity index (χ2n) is 7.96. The lowest BCUT2D eigenvalue weighted by molar-refractivity contribution is -0.0662. The molecule has 10 nitrogen and oxygen atoms in total. The molecule has 2 aliphatic heterocycles. The van der Waals surface area contributed by atoms with Crippen LogP contribution < -0.4 is 10.4 Å². The summed E-state index contributed by atoms with van der Waals surface area (Å²) in [4.78, 5) is 13.7. The lowest BCUT2D eigenvalue weighted by atomic mass is 9.96. The van der Waals surface area contributed by atoms with Gasteiger partial charge in [0.25, 0.3) is 0 Å². The summed E-state index contributed by atoms with van der Waals surface area (Å²) in [6, 6.07) is 11.7. The van der Waals surface area contributed by atoms with Gasteiger partial charge in [-0.3, -0.25) is 5.21 Å². The Bertz CT molecular complexity index is 995. The molecule has 0 spiro atoms. The van der Waals surface area contributed by atoms with Crippen molar-refractivity contribution in [2.45, 2.75) is 18.4 Å². The molecule has 0 aliphatic carbocycles. The van der Waals surface area contributed by atoms with Crippen molar-refractivity contribution in [3.8, 4) is 11.3 Å². The number of piperazine rings is 1. The zero-order valence-electron chi connectivity index (χ0n) is 17.6. The molecular formula is C21H27N3O7S. The predicted octanol–water partition coefficient (Wildman–Crippen LogP) is 2.06. The maximum atomic E-state index is 13.1. The molecule has 2 aromatic rings. The average Bonchev–Trinajstić information content (AvgIpc) is 3.34. The van der Waals surface area contributed by atoms with Gasteiger partial charge < -0.3 is 18.8 Å². The number of amides is 1. The quantitative estimate of drug-likeness (QED) is 0.491. The third kappa shape index (κ3) is 5.07. The Morgan fingerprint density at radius 3 is 2.38 bits per heavy atom. The molecule has 0 unspecified atom stereocenters. The molecule has 174 valence electrons. The van der Waals surface area contributed by atoms with E-state index < -0.39 is 21.7 Å². The van der Waals surface area contributed by atoms with E-state index in [0.29, 0.717) is 26.2 Å². The molecule has 3 heterocycles. The van der Waals surface area contributed by atoms with E-state index in [0.717, 1.165) is 17.0 Å². The highest BCUT2D eigenvalue weighted by Gasteiger charge is 2.43. The van der Waals surface area contributed by atoms with E-state index in [1.165, 1.54) is 9.79 Å². The summed E-state index contributed by atoms with van der Waals surface area (Å²) in [6.07, 6.45) is 1.07. The number of hydrogen-bond acceptors (Lipinski definition) is 8. The molecule has 0 atom stereocenters. The topological polar surface area (TPSA) is 122 Å². The van der Waals surface area contributed by atoms with Crippen molar-refractivity contribution in [1.29, 1.82) is 0 Å². The Kier molecular flexibility index (Phi) is 6.70. The minimum absolute atomic E-state index is 0.252. The Balaban J connectivity index is 1.38. The first-order chi connectivity index (χ1) is 15.4. The van der Waals surface area contributed by atoms with Crippen molar-refractivity contribution in [3.05, 3.63) is 42.7 Å². The molecular weight excluding hydrogens is 438 g/mol. The second kappa shape index (κ2) is 9.49. The van der Waals surface area contributed by atoms with Crippen molar-refractivity contribution >= 4 is 21.8 Å². The summed E-state index contributed by atoms with van der Waals surface area (Å²) >= 11 is 0. The average molecular weight is 466 g/mol. The van der Waals surface area contributed by atoms with Gasteiger partial charge in [-0.05, 0) is 36.4 Å². The van der Waals surface area contributed by atoms with Crippen LogP contribution in [0.25, 0.3) is 11.3 Å². The van der Waals surface area contributed by atoms with E-state index in [9.17, 15) is 13.2 Å². The number of carbonyl (C=O) groups is 1. The minimum Gasteiger partial charge on any atom is -0.464 e. The lowest BCUT2D eigenvalue weighted by Crippen LogP contribution is -2.54. The molecule has 0 bridgehead atoms. The molecule has 0 saturated carbocycles. The molecule has 32 heavy (non-hydrogen) atoms. The summed E-state index contributed by atoms with van der Waals surface area (Å²) in [7, 11) is -3.69. The van der Waals surface area contributed by atoms with E-state index in [2.05, 4.69) is 4.90 Å². The van der Waals surface area contributed by atoms with E-state index in [1.807, 2.05) is 36.4 Å². The lowest BCUT2D eigenvalue weighted by Gasteiger charge is -2.39. The summed E-state index contributed by atoms with van der Waals surface area (Å²) in [6.45, 7) is 2.34. The number of benzene rings is 1. The Hall–Kier alpha value is -2.60.